The Kier molecular flexibility index (Phi) is 2.82. The average Bonchev–Trinajstić information content (AvgIpc) is 3.17. The smallest absolute Gasteiger partial charge is 0.192 e. The third-order valence-corrected chi connectivity index (χ3v) is 3.79. The lowest BCUT2D eigenvalue weighted by molar-refractivity contribution is 0.380. The lowest BCUT2D eigenvalue weighted by atomic mass is 10.0. The molecular formula is C15H19N3. The number of benzene rings is 1. The number of hydrogen-bond acceptors (Lipinski definition) is 3. The van der Waals surface area contributed by atoms with E-state index in [1.54, 1.807) is 0 Å². The van der Waals surface area contributed by atoms with Crippen LogP contribution in [-0.2, 0) is 0 Å². The molecular weight excluding hydrogens is 222 g/mol. The van der Waals surface area contributed by atoms with Gasteiger partial charge in [-0.15, -0.1) is 6.58 Å². The standard InChI is InChI=1S/C15H19N3/c1-2-9-18-14(10-17-15(18)16)13-7-5-12(6-8-13)11-3-4-11/h2,5-8,11,14H,1,3-4,9-10H2,(H2,16,17). The molecule has 0 spiro atoms. The van der Waals surface area contributed by atoms with Gasteiger partial charge in [-0.2, -0.15) is 0 Å². The summed E-state index contributed by atoms with van der Waals surface area (Å²) in [6.45, 7) is 5.29. The van der Waals surface area contributed by atoms with Crippen molar-refractivity contribution in [1.82, 2.24) is 4.90 Å². The van der Waals surface area contributed by atoms with E-state index in [1.807, 2.05) is 6.08 Å². The molecule has 1 aromatic carbocycles. The average molecular weight is 241 g/mol. The third-order valence-electron chi connectivity index (χ3n) is 3.79. The van der Waals surface area contributed by atoms with Gasteiger partial charge in [-0.05, 0) is 29.9 Å². The van der Waals surface area contributed by atoms with Crippen LogP contribution in [0.1, 0.15) is 35.9 Å². The fourth-order valence-corrected chi connectivity index (χ4v) is 2.58. The molecule has 3 heteroatoms. The lowest BCUT2D eigenvalue weighted by Gasteiger charge is -2.25. The normalized spacial score (nSPS) is 23.0. The maximum Gasteiger partial charge on any atom is 0.192 e. The van der Waals surface area contributed by atoms with E-state index in [1.165, 1.54) is 24.0 Å². The van der Waals surface area contributed by atoms with Gasteiger partial charge in [-0.25, -0.2) is 0 Å². The minimum absolute atomic E-state index is 0.274. The highest BCUT2D eigenvalue weighted by Gasteiger charge is 2.27. The van der Waals surface area contributed by atoms with E-state index in [0.29, 0.717) is 5.96 Å². The Labute approximate surface area is 108 Å². The number of hydrogen-bond donors (Lipinski definition) is 1. The van der Waals surface area contributed by atoms with Crippen molar-refractivity contribution in [3.8, 4) is 0 Å². The van der Waals surface area contributed by atoms with Gasteiger partial charge in [0.05, 0.1) is 12.6 Å². The summed E-state index contributed by atoms with van der Waals surface area (Å²) in [5, 5.41) is 0. The van der Waals surface area contributed by atoms with Gasteiger partial charge in [0.1, 0.15) is 0 Å². The molecule has 94 valence electrons. The number of nitrogens with two attached hydrogens (primary N) is 1. The molecule has 1 aromatic rings. The van der Waals surface area contributed by atoms with Crippen LogP contribution >= 0.6 is 0 Å². The van der Waals surface area contributed by atoms with E-state index < -0.39 is 0 Å². The number of rotatable bonds is 4. The largest absolute Gasteiger partial charge is 0.370 e. The molecule has 1 atom stereocenters. The first-order valence-electron chi connectivity index (χ1n) is 6.57. The second kappa shape index (κ2) is 4.48. The summed E-state index contributed by atoms with van der Waals surface area (Å²) in [6.07, 6.45) is 4.57. The highest BCUT2D eigenvalue weighted by Crippen LogP contribution is 2.40. The molecule has 18 heavy (non-hydrogen) atoms. The molecule has 0 amide bonds. The summed E-state index contributed by atoms with van der Waals surface area (Å²) in [4.78, 5) is 6.45. The summed E-state index contributed by atoms with van der Waals surface area (Å²) in [5.41, 5.74) is 8.68. The zero-order chi connectivity index (χ0) is 12.5. The van der Waals surface area contributed by atoms with E-state index in [2.05, 4.69) is 40.7 Å². The van der Waals surface area contributed by atoms with Crippen molar-refractivity contribution < 1.29 is 0 Å². The third kappa shape index (κ3) is 2.01. The minimum atomic E-state index is 0.274. The predicted molar refractivity (Wildman–Crippen MR) is 74.6 cm³/mol. The minimum Gasteiger partial charge on any atom is -0.370 e. The first kappa shape index (κ1) is 11.3. The molecule has 2 aliphatic rings. The van der Waals surface area contributed by atoms with Gasteiger partial charge in [0.2, 0.25) is 0 Å². The van der Waals surface area contributed by atoms with Crippen LogP contribution in [0.15, 0.2) is 41.9 Å². The van der Waals surface area contributed by atoms with Crippen molar-refractivity contribution in [2.24, 2.45) is 10.7 Å². The van der Waals surface area contributed by atoms with Crippen LogP contribution in [0.4, 0.5) is 0 Å². The van der Waals surface area contributed by atoms with Crippen molar-refractivity contribution >= 4 is 5.96 Å². The van der Waals surface area contributed by atoms with Crippen LogP contribution in [0.3, 0.4) is 0 Å². The van der Waals surface area contributed by atoms with Gasteiger partial charge in [-0.3, -0.25) is 4.99 Å². The van der Waals surface area contributed by atoms with E-state index in [0.717, 1.165) is 19.0 Å². The quantitative estimate of drug-likeness (QED) is 0.823. The fraction of sp³-hybridized carbons (Fsp3) is 0.400. The summed E-state index contributed by atoms with van der Waals surface area (Å²) in [5.74, 6) is 1.44. The molecule has 1 aliphatic heterocycles. The summed E-state index contributed by atoms with van der Waals surface area (Å²) in [7, 11) is 0. The molecule has 1 fully saturated rings. The Balaban J connectivity index is 1.79. The Morgan fingerprint density at radius 1 is 1.28 bits per heavy atom. The first-order chi connectivity index (χ1) is 8.79. The van der Waals surface area contributed by atoms with Gasteiger partial charge in [0.15, 0.2) is 5.96 Å². The molecule has 1 aliphatic carbocycles. The van der Waals surface area contributed by atoms with Crippen LogP contribution in [0, 0.1) is 0 Å². The molecule has 0 bridgehead atoms. The molecule has 0 radical (unpaired) electrons. The second-order valence-electron chi connectivity index (χ2n) is 5.10. The van der Waals surface area contributed by atoms with Gasteiger partial charge >= 0.3 is 0 Å². The van der Waals surface area contributed by atoms with Crippen LogP contribution < -0.4 is 5.73 Å². The van der Waals surface area contributed by atoms with Crippen molar-refractivity contribution in [3.05, 3.63) is 48.0 Å². The van der Waals surface area contributed by atoms with Crippen molar-refractivity contribution in [2.75, 3.05) is 13.1 Å². The summed E-state index contributed by atoms with van der Waals surface area (Å²) in [6, 6.07) is 9.24. The molecule has 1 heterocycles. The Hall–Kier alpha value is -1.77. The molecule has 0 saturated heterocycles. The zero-order valence-electron chi connectivity index (χ0n) is 10.5. The topological polar surface area (TPSA) is 41.6 Å². The number of aliphatic imine (C=N–C) groups is 1. The molecule has 2 N–H and O–H groups in total. The zero-order valence-corrected chi connectivity index (χ0v) is 10.5. The Bertz CT molecular complexity index is 471. The Morgan fingerprint density at radius 2 is 1.94 bits per heavy atom. The molecule has 0 aromatic heterocycles. The van der Waals surface area contributed by atoms with Crippen LogP contribution in [-0.4, -0.2) is 23.9 Å². The maximum atomic E-state index is 5.91. The lowest BCUT2D eigenvalue weighted by Crippen LogP contribution is -2.36. The highest BCUT2D eigenvalue weighted by molar-refractivity contribution is 5.80. The van der Waals surface area contributed by atoms with Crippen molar-refractivity contribution in [3.63, 3.8) is 0 Å². The van der Waals surface area contributed by atoms with Crippen molar-refractivity contribution in [2.45, 2.75) is 24.8 Å². The number of guanidine groups is 1. The highest BCUT2D eigenvalue weighted by atomic mass is 15.3. The van der Waals surface area contributed by atoms with Gasteiger partial charge < -0.3 is 10.6 Å². The van der Waals surface area contributed by atoms with Gasteiger partial charge in [0.25, 0.3) is 0 Å². The molecule has 1 saturated carbocycles. The molecule has 1 unspecified atom stereocenters. The predicted octanol–water partition coefficient (Wildman–Crippen LogP) is 2.42. The second-order valence-corrected chi connectivity index (χ2v) is 5.10. The van der Waals surface area contributed by atoms with E-state index >= 15 is 0 Å². The summed E-state index contributed by atoms with van der Waals surface area (Å²) < 4.78 is 0. The van der Waals surface area contributed by atoms with E-state index in [9.17, 15) is 0 Å². The van der Waals surface area contributed by atoms with E-state index in [4.69, 9.17) is 5.73 Å². The molecule has 3 nitrogen and oxygen atoms in total. The van der Waals surface area contributed by atoms with Gasteiger partial charge in [0, 0.05) is 6.54 Å². The Morgan fingerprint density at radius 3 is 2.56 bits per heavy atom. The van der Waals surface area contributed by atoms with Crippen LogP contribution in [0.2, 0.25) is 0 Å². The first-order valence-corrected chi connectivity index (χ1v) is 6.57. The van der Waals surface area contributed by atoms with Gasteiger partial charge in [-0.1, -0.05) is 30.3 Å². The fourth-order valence-electron chi connectivity index (χ4n) is 2.58. The SMILES string of the molecule is C=CCN1C(N)=NCC1c1ccc(C2CC2)cc1. The van der Waals surface area contributed by atoms with Crippen LogP contribution in [0.5, 0.6) is 0 Å². The number of nitrogens with zero attached hydrogens (tertiary/aromatic N) is 2. The maximum absolute atomic E-state index is 5.91. The van der Waals surface area contributed by atoms with Crippen molar-refractivity contribution in [1.29, 1.82) is 0 Å². The van der Waals surface area contributed by atoms with Crippen LogP contribution in [0.25, 0.3) is 0 Å². The van der Waals surface area contributed by atoms with E-state index in [-0.39, 0.29) is 6.04 Å². The molecule has 3 rings (SSSR count). The summed E-state index contributed by atoms with van der Waals surface area (Å²) >= 11 is 0. The monoisotopic (exact) mass is 241 g/mol.